The normalized spacial score (nSPS) is 12.4. The molecule has 0 aromatic carbocycles. The van der Waals surface area contributed by atoms with Crippen molar-refractivity contribution in [1.82, 2.24) is 0 Å². The lowest BCUT2D eigenvalue weighted by molar-refractivity contribution is -0.137. The third kappa shape index (κ3) is 4.11. The van der Waals surface area contributed by atoms with Crippen LogP contribution in [0, 0.1) is 0 Å². The first-order chi connectivity index (χ1) is 6.95. The first kappa shape index (κ1) is 15.4. The number of alkyl halides is 3. The van der Waals surface area contributed by atoms with Crippen LogP contribution in [-0.4, -0.2) is 6.54 Å². The smallest absolute Gasteiger partial charge is 0.325 e. The summed E-state index contributed by atoms with van der Waals surface area (Å²) in [6, 6.07) is 0.994. The lowest BCUT2D eigenvalue weighted by Gasteiger charge is -2.05. The van der Waals surface area contributed by atoms with Crippen LogP contribution in [0.5, 0.6) is 0 Å². The predicted octanol–water partition coefficient (Wildman–Crippen LogP) is 3.54. The van der Waals surface area contributed by atoms with Gasteiger partial charge in [-0.15, -0.1) is 23.7 Å². The van der Waals surface area contributed by atoms with Crippen LogP contribution in [0.4, 0.5) is 17.6 Å². The van der Waals surface area contributed by atoms with Crippen LogP contribution in [0.1, 0.15) is 10.4 Å². The maximum atomic E-state index is 12.6. The molecule has 0 unspecified atom stereocenters. The minimum atomic E-state index is -4.37. The van der Waals surface area contributed by atoms with Crippen molar-refractivity contribution in [3.8, 4) is 0 Å². The van der Waals surface area contributed by atoms with Crippen molar-refractivity contribution in [3.63, 3.8) is 0 Å². The zero-order chi connectivity index (χ0) is 11.5. The van der Waals surface area contributed by atoms with E-state index < -0.39 is 17.6 Å². The summed E-state index contributed by atoms with van der Waals surface area (Å²) < 4.78 is 49.7. The molecule has 0 bridgehead atoms. The highest BCUT2D eigenvalue weighted by atomic mass is 35.5. The molecule has 0 radical (unpaired) electrons. The molecular formula is C9H10ClF4NS. The van der Waals surface area contributed by atoms with E-state index in [-0.39, 0.29) is 30.2 Å². The molecule has 1 rings (SSSR count). The molecule has 0 saturated carbocycles. The third-order valence-electron chi connectivity index (χ3n) is 1.75. The summed E-state index contributed by atoms with van der Waals surface area (Å²) in [5, 5.41) is 1.34. The van der Waals surface area contributed by atoms with Crippen molar-refractivity contribution in [2.45, 2.75) is 12.6 Å². The van der Waals surface area contributed by atoms with Crippen molar-refractivity contribution in [3.05, 3.63) is 33.8 Å². The first-order valence-electron chi connectivity index (χ1n) is 4.13. The Balaban J connectivity index is 0.00000225. The van der Waals surface area contributed by atoms with E-state index in [1.54, 1.807) is 0 Å². The number of rotatable bonds is 3. The van der Waals surface area contributed by atoms with E-state index >= 15 is 0 Å². The Morgan fingerprint density at radius 2 is 2.06 bits per heavy atom. The largest absolute Gasteiger partial charge is 0.417 e. The van der Waals surface area contributed by atoms with Gasteiger partial charge in [-0.1, -0.05) is 0 Å². The van der Waals surface area contributed by atoms with Crippen molar-refractivity contribution in [2.75, 3.05) is 6.54 Å². The standard InChI is InChI=1S/C9H9F4NS.ClH/c10-6(5-14)1-2-8-7(3-4-15-8)9(11,12)13;/h1,3-4H,2,5,14H2;1H. The fourth-order valence-corrected chi connectivity index (χ4v) is 1.90. The summed E-state index contributed by atoms with van der Waals surface area (Å²) in [6.07, 6.45) is -3.38. The van der Waals surface area contributed by atoms with Gasteiger partial charge < -0.3 is 5.73 Å². The molecule has 0 saturated heterocycles. The molecule has 1 nitrogen and oxygen atoms in total. The van der Waals surface area contributed by atoms with Gasteiger partial charge in [-0.25, -0.2) is 4.39 Å². The second kappa shape index (κ2) is 6.22. The lowest BCUT2D eigenvalue weighted by atomic mass is 10.2. The van der Waals surface area contributed by atoms with E-state index in [9.17, 15) is 17.6 Å². The summed E-state index contributed by atoms with van der Waals surface area (Å²) in [5.74, 6) is -0.600. The first-order valence-corrected chi connectivity index (χ1v) is 5.01. The Hall–Kier alpha value is -0.590. The summed E-state index contributed by atoms with van der Waals surface area (Å²) in [4.78, 5) is 0.103. The van der Waals surface area contributed by atoms with E-state index in [0.29, 0.717) is 0 Å². The van der Waals surface area contributed by atoms with Crippen LogP contribution in [-0.2, 0) is 12.6 Å². The van der Waals surface area contributed by atoms with Gasteiger partial charge in [0.15, 0.2) is 0 Å². The van der Waals surface area contributed by atoms with Gasteiger partial charge in [-0.05, 0) is 17.5 Å². The van der Waals surface area contributed by atoms with Crippen molar-refractivity contribution >= 4 is 23.7 Å². The Labute approximate surface area is 100 Å². The summed E-state index contributed by atoms with van der Waals surface area (Å²) in [5.41, 5.74) is 4.27. The molecule has 92 valence electrons. The quantitative estimate of drug-likeness (QED) is 0.839. The van der Waals surface area contributed by atoms with Crippen LogP contribution in [0.15, 0.2) is 23.3 Å². The van der Waals surface area contributed by atoms with Gasteiger partial charge in [0.1, 0.15) is 5.83 Å². The summed E-state index contributed by atoms with van der Waals surface area (Å²) in [7, 11) is 0. The van der Waals surface area contributed by atoms with E-state index in [0.717, 1.165) is 23.5 Å². The molecule has 1 aromatic rings. The van der Waals surface area contributed by atoms with Crippen molar-refractivity contribution in [2.24, 2.45) is 5.73 Å². The second-order valence-corrected chi connectivity index (χ2v) is 3.82. The van der Waals surface area contributed by atoms with E-state index in [2.05, 4.69) is 0 Å². The molecule has 0 aliphatic heterocycles. The Bertz CT molecular complexity index is 359. The zero-order valence-corrected chi connectivity index (χ0v) is 9.68. The molecule has 16 heavy (non-hydrogen) atoms. The maximum Gasteiger partial charge on any atom is 0.417 e. The third-order valence-corrected chi connectivity index (χ3v) is 2.70. The average Bonchev–Trinajstić information content (AvgIpc) is 2.61. The molecule has 2 N–H and O–H groups in total. The maximum absolute atomic E-state index is 12.6. The van der Waals surface area contributed by atoms with Gasteiger partial charge in [0.25, 0.3) is 0 Å². The fraction of sp³-hybridized carbons (Fsp3) is 0.333. The Morgan fingerprint density at radius 1 is 1.44 bits per heavy atom. The Kier molecular flexibility index (Phi) is 5.99. The minimum Gasteiger partial charge on any atom is -0.325 e. The molecule has 1 aromatic heterocycles. The van der Waals surface area contributed by atoms with Gasteiger partial charge in [0.2, 0.25) is 0 Å². The van der Waals surface area contributed by atoms with E-state index in [1.807, 2.05) is 0 Å². The molecule has 0 fully saturated rings. The lowest BCUT2D eigenvalue weighted by Crippen LogP contribution is -2.06. The van der Waals surface area contributed by atoms with Crippen molar-refractivity contribution < 1.29 is 17.6 Å². The molecule has 0 aliphatic carbocycles. The molecule has 0 atom stereocenters. The van der Waals surface area contributed by atoms with Gasteiger partial charge in [-0.3, -0.25) is 0 Å². The highest BCUT2D eigenvalue weighted by Gasteiger charge is 2.33. The Morgan fingerprint density at radius 3 is 2.56 bits per heavy atom. The molecule has 0 aliphatic rings. The minimum absolute atomic E-state index is 0. The summed E-state index contributed by atoms with van der Waals surface area (Å²) in [6.45, 7) is -0.285. The molecule has 7 heteroatoms. The van der Waals surface area contributed by atoms with Gasteiger partial charge in [0, 0.05) is 17.8 Å². The van der Waals surface area contributed by atoms with Crippen molar-refractivity contribution in [1.29, 1.82) is 0 Å². The topological polar surface area (TPSA) is 26.0 Å². The molecule has 0 amide bonds. The number of hydrogen-bond acceptors (Lipinski definition) is 2. The monoisotopic (exact) mass is 275 g/mol. The van der Waals surface area contributed by atoms with Crippen LogP contribution in [0.3, 0.4) is 0 Å². The number of nitrogens with two attached hydrogens (primary N) is 1. The van der Waals surface area contributed by atoms with E-state index in [1.165, 1.54) is 5.38 Å². The van der Waals surface area contributed by atoms with E-state index in [4.69, 9.17) is 5.73 Å². The number of allylic oxidation sites excluding steroid dienone is 1. The molecular weight excluding hydrogens is 266 g/mol. The molecule has 0 spiro atoms. The predicted molar refractivity (Wildman–Crippen MR) is 58.5 cm³/mol. The second-order valence-electron chi connectivity index (χ2n) is 2.81. The van der Waals surface area contributed by atoms with Crippen LogP contribution >= 0.6 is 23.7 Å². The number of halogens is 5. The fourth-order valence-electron chi connectivity index (χ4n) is 1.04. The highest BCUT2D eigenvalue weighted by Crippen LogP contribution is 2.35. The van der Waals surface area contributed by atoms with Crippen LogP contribution < -0.4 is 5.73 Å². The summed E-state index contributed by atoms with van der Waals surface area (Å²) >= 11 is 0.957. The number of hydrogen-bond donors (Lipinski definition) is 1. The number of thiophene rings is 1. The van der Waals surface area contributed by atoms with Gasteiger partial charge >= 0.3 is 6.18 Å². The highest BCUT2D eigenvalue weighted by molar-refractivity contribution is 7.10. The zero-order valence-electron chi connectivity index (χ0n) is 8.05. The average molecular weight is 276 g/mol. The van der Waals surface area contributed by atoms with Gasteiger partial charge in [-0.2, -0.15) is 13.2 Å². The SMILES string of the molecule is Cl.NCC(F)=CCc1sccc1C(F)(F)F. The van der Waals surface area contributed by atoms with Crippen LogP contribution in [0.25, 0.3) is 0 Å². The van der Waals surface area contributed by atoms with Crippen LogP contribution in [0.2, 0.25) is 0 Å². The van der Waals surface area contributed by atoms with Gasteiger partial charge in [0.05, 0.1) is 5.56 Å². The molecule has 1 heterocycles.